The predicted molar refractivity (Wildman–Crippen MR) is 239 cm³/mol. The second kappa shape index (κ2) is 86.5. The van der Waals surface area contributed by atoms with Crippen LogP contribution in [0.25, 0.3) is 0 Å². The Bertz CT molecular complexity index is 692. The summed E-state index contributed by atoms with van der Waals surface area (Å²) < 4.78 is 5.43. The maximum absolute atomic E-state index is 9.85. The van der Waals surface area contributed by atoms with Gasteiger partial charge in [-0.25, -0.2) is 4.89 Å². The van der Waals surface area contributed by atoms with E-state index < -0.39 is 31.0 Å². The topological polar surface area (TPSA) is 197 Å². The van der Waals surface area contributed by atoms with Crippen LogP contribution in [0.5, 0.6) is 0 Å². The molecule has 16 nitrogen and oxygen atoms in total. The van der Waals surface area contributed by atoms with Gasteiger partial charge in [-0.3, -0.25) is 0 Å². The zero-order valence-corrected chi connectivity index (χ0v) is 37.0. The summed E-state index contributed by atoms with van der Waals surface area (Å²) in [5, 5.41) is 75.1. The van der Waals surface area contributed by atoms with Gasteiger partial charge in [-0.2, -0.15) is 0 Å². The maximum atomic E-state index is 9.85. The molecule has 0 spiro atoms. The second-order valence-corrected chi connectivity index (χ2v) is 10.1. The predicted octanol–water partition coefficient (Wildman–Crippen LogP) is 9.21. The van der Waals surface area contributed by atoms with Crippen LogP contribution < -0.4 is 0 Å². The lowest BCUT2D eigenvalue weighted by molar-refractivity contribution is -0.829. The minimum atomic E-state index is -1.73. The monoisotopic (exact) mass is 858 g/mol. The molecule has 354 valence electrons. The Morgan fingerprint density at radius 2 is 0.814 bits per heavy atom. The third-order valence-electron chi connectivity index (χ3n) is 6.38. The molecule has 0 aromatic heterocycles. The minimum Gasteiger partial charge on any atom is -0.394 e. The number of ether oxygens (including phenoxy) is 1. The van der Waals surface area contributed by atoms with Gasteiger partial charge < -0.3 is 40.1 Å². The van der Waals surface area contributed by atoms with Crippen molar-refractivity contribution in [2.75, 3.05) is 40.0 Å². The maximum Gasteiger partial charge on any atom is 0.148 e. The van der Waals surface area contributed by atoms with Gasteiger partial charge in [0.2, 0.25) is 0 Å². The lowest BCUT2D eigenvalue weighted by Gasteiger charge is -2.27. The van der Waals surface area contributed by atoms with Gasteiger partial charge in [-0.05, 0) is 21.5 Å². The second-order valence-electron chi connectivity index (χ2n) is 10.1. The molecule has 0 radical (unpaired) electrons. The Labute approximate surface area is 358 Å². The van der Waals surface area contributed by atoms with Gasteiger partial charge in [0.25, 0.3) is 0 Å². The number of hydrogen-bond donors (Lipinski definition) is 5. The lowest BCUT2D eigenvalue weighted by Crippen LogP contribution is -2.48. The summed E-state index contributed by atoms with van der Waals surface area (Å²) >= 11 is 0. The first kappa shape index (κ1) is 76.4. The van der Waals surface area contributed by atoms with Crippen molar-refractivity contribution in [3.05, 3.63) is 118 Å². The molecule has 0 aliphatic rings. The van der Waals surface area contributed by atoms with Gasteiger partial charge in [0.15, 0.2) is 0 Å². The first-order valence-corrected chi connectivity index (χ1v) is 19.2. The van der Waals surface area contributed by atoms with Crippen molar-refractivity contribution in [2.24, 2.45) is 0 Å². The van der Waals surface area contributed by atoms with E-state index in [1.807, 2.05) is 0 Å². The smallest absolute Gasteiger partial charge is 0.148 e. The van der Waals surface area contributed by atoms with Crippen LogP contribution in [0.4, 0.5) is 0 Å². The Kier molecular flexibility index (Phi) is 112. The van der Waals surface area contributed by atoms with Gasteiger partial charge in [0.05, 0.1) is 19.3 Å². The largest absolute Gasteiger partial charge is 0.394 e. The molecule has 59 heavy (non-hydrogen) atoms. The van der Waals surface area contributed by atoms with Crippen LogP contribution in [0.2, 0.25) is 0 Å². The SMILES string of the molecule is C=C.C=C.C=C.C=C.C=C.C=C.C=C.C=C.CCCCCCCCCCCCCCCCOCCOOOOOOOOO/C=C/N(C)CC(O)C(O)C(O)C(O)CO. The van der Waals surface area contributed by atoms with E-state index in [-0.39, 0.29) is 13.2 Å². The molecule has 0 aliphatic heterocycles. The molecular formula is C43H87NO15. The standard InChI is InChI=1S/C27H55NO15.8C2H4/c1-3-4-5-6-7-8-9-10-11-12-13-14-15-16-18-34-20-21-36-38-40-42-43-41-39-37-35-19-17-28(2)22-24(30)26(32)27(33)25(31)23-29;8*1-2/h17,19,24-27,29-33H,3-16,18,20-23H2,1-2H3;8*1-2H2/b19-17+;;;;;;;;. The zero-order valence-electron chi connectivity index (χ0n) is 37.0. The van der Waals surface area contributed by atoms with E-state index in [1.165, 1.54) is 95.2 Å². The van der Waals surface area contributed by atoms with Gasteiger partial charge >= 0.3 is 0 Å². The van der Waals surface area contributed by atoms with E-state index in [0.717, 1.165) is 19.1 Å². The molecule has 16 heteroatoms. The highest BCUT2D eigenvalue weighted by Gasteiger charge is 2.30. The average molecular weight is 858 g/mol. The fourth-order valence-corrected chi connectivity index (χ4v) is 3.90. The minimum absolute atomic E-state index is 0.0955. The quantitative estimate of drug-likeness (QED) is 0.0135. The lowest BCUT2D eigenvalue weighted by atomic mass is 10.0. The van der Waals surface area contributed by atoms with Crippen molar-refractivity contribution >= 4 is 0 Å². The fraction of sp³-hybridized carbons (Fsp3) is 0.581. The van der Waals surface area contributed by atoms with Crippen molar-refractivity contribution in [1.29, 1.82) is 0 Å². The third kappa shape index (κ3) is 76.0. The molecule has 0 aromatic rings. The Morgan fingerprint density at radius 1 is 0.458 bits per heavy atom. The molecule has 0 aliphatic carbocycles. The fourth-order valence-electron chi connectivity index (χ4n) is 3.90. The van der Waals surface area contributed by atoms with E-state index in [9.17, 15) is 20.4 Å². The molecule has 0 rings (SSSR count). The molecule has 0 heterocycles. The highest BCUT2D eigenvalue weighted by atomic mass is 17.9. The summed E-state index contributed by atoms with van der Waals surface area (Å²) in [7, 11) is 1.49. The van der Waals surface area contributed by atoms with Crippen LogP contribution in [0.1, 0.15) is 96.8 Å². The van der Waals surface area contributed by atoms with Crippen molar-refractivity contribution in [1.82, 2.24) is 4.90 Å². The van der Waals surface area contributed by atoms with E-state index in [2.05, 4.69) is 157 Å². The highest BCUT2D eigenvalue weighted by molar-refractivity contribution is 4.84. The molecule has 4 unspecified atom stereocenters. The first-order valence-electron chi connectivity index (χ1n) is 19.2. The molecular weight excluding hydrogens is 770 g/mol. The van der Waals surface area contributed by atoms with E-state index >= 15 is 0 Å². The Hall–Kier alpha value is -3.30. The normalized spacial score (nSPS) is 11.2. The van der Waals surface area contributed by atoms with E-state index in [1.54, 1.807) is 0 Å². The van der Waals surface area contributed by atoms with Crippen LogP contribution in [-0.2, 0) is 49.8 Å². The van der Waals surface area contributed by atoms with Crippen molar-refractivity contribution in [3.8, 4) is 0 Å². The summed E-state index contributed by atoms with van der Waals surface area (Å²) in [5.74, 6) is 0. The van der Waals surface area contributed by atoms with Crippen molar-refractivity contribution in [2.45, 2.75) is 121 Å². The summed E-state index contributed by atoms with van der Waals surface area (Å²) in [6.07, 6.45) is 14.0. The molecule has 0 aromatic carbocycles. The van der Waals surface area contributed by atoms with Crippen LogP contribution >= 0.6 is 0 Å². The summed E-state index contributed by atoms with van der Waals surface area (Å²) in [4.78, 5) is 10.4. The molecule has 4 atom stereocenters. The van der Waals surface area contributed by atoms with Crippen LogP contribution in [0.3, 0.4) is 0 Å². The number of aliphatic hydroxyl groups is 5. The molecule has 0 bridgehead atoms. The van der Waals surface area contributed by atoms with Crippen molar-refractivity contribution < 1.29 is 75.3 Å². The van der Waals surface area contributed by atoms with Gasteiger partial charge in [-0.1, -0.05) is 90.4 Å². The number of likely N-dealkylation sites (N-methyl/N-ethyl adjacent to an activating group) is 1. The molecule has 0 amide bonds. The number of unbranched alkanes of at least 4 members (excludes halogenated alkanes) is 13. The first-order chi connectivity index (χ1) is 28.9. The number of hydrogen-bond acceptors (Lipinski definition) is 16. The number of rotatable bonds is 34. The van der Waals surface area contributed by atoms with E-state index in [4.69, 9.17) is 9.84 Å². The zero-order chi connectivity index (χ0) is 47.8. The van der Waals surface area contributed by atoms with Crippen LogP contribution in [0.15, 0.2) is 118 Å². The van der Waals surface area contributed by atoms with Gasteiger partial charge in [-0.15, -0.1) is 105 Å². The molecule has 0 saturated carbocycles. The third-order valence-corrected chi connectivity index (χ3v) is 6.38. The summed E-state index contributed by atoms with van der Waals surface area (Å²) in [6, 6.07) is 0. The number of nitrogens with zero attached hydrogens (tertiary/aromatic N) is 1. The highest BCUT2D eigenvalue weighted by Crippen LogP contribution is 2.13. The van der Waals surface area contributed by atoms with Crippen LogP contribution in [0, 0.1) is 0 Å². The molecule has 0 fully saturated rings. The van der Waals surface area contributed by atoms with Gasteiger partial charge in [0.1, 0.15) is 31.2 Å². The van der Waals surface area contributed by atoms with Gasteiger partial charge in [0, 0.05) is 46.6 Å². The Morgan fingerprint density at radius 3 is 1.22 bits per heavy atom. The summed E-state index contributed by atoms with van der Waals surface area (Å²) in [5.41, 5.74) is 0. The van der Waals surface area contributed by atoms with Crippen molar-refractivity contribution in [3.63, 3.8) is 0 Å². The summed E-state index contributed by atoms with van der Waals surface area (Å²) in [6.45, 7) is 50.4. The van der Waals surface area contributed by atoms with Crippen LogP contribution in [-0.4, -0.2) is 94.9 Å². The average Bonchev–Trinajstić information content (AvgIpc) is 3.31. The molecule has 0 saturated heterocycles. The van der Waals surface area contributed by atoms with E-state index in [0.29, 0.717) is 13.2 Å². The number of aliphatic hydroxyl groups excluding tert-OH is 5. The molecule has 5 N–H and O–H groups in total. The Balaban J connectivity index is -0.000000198.